The van der Waals surface area contributed by atoms with Crippen LogP contribution in [-0.2, 0) is 6.54 Å². The lowest BCUT2D eigenvalue weighted by Gasteiger charge is -2.12. The van der Waals surface area contributed by atoms with E-state index in [0.717, 1.165) is 11.3 Å². The van der Waals surface area contributed by atoms with Gasteiger partial charge < -0.3 is 15.7 Å². The number of anilines is 1. The van der Waals surface area contributed by atoms with Crippen molar-refractivity contribution in [1.82, 2.24) is 10.3 Å². The second-order valence-electron chi connectivity index (χ2n) is 4.28. The predicted molar refractivity (Wildman–Crippen MR) is 85.2 cm³/mol. The first-order valence-corrected chi connectivity index (χ1v) is 6.78. The fourth-order valence-electron chi connectivity index (χ4n) is 1.56. The minimum atomic E-state index is 0.0931. The van der Waals surface area contributed by atoms with Crippen LogP contribution in [-0.4, -0.2) is 15.2 Å². The molecule has 0 spiro atoms. The Morgan fingerprint density at radius 2 is 2.15 bits per heavy atom. The van der Waals surface area contributed by atoms with Gasteiger partial charge in [0.1, 0.15) is 5.75 Å². The van der Waals surface area contributed by atoms with Crippen molar-refractivity contribution in [3.8, 4) is 5.75 Å². The second kappa shape index (κ2) is 6.54. The van der Waals surface area contributed by atoms with Gasteiger partial charge in [-0.15, -0.1) is 0 Å². The summed E-state index contributed by atoms with van der Waals surface area (Å²) in [7, 11) is 0. The van der Waals surface area contributed by atoms with Crippen LogP contribution in [0, 0.1) is 6.92 Å². The summed E-state index contributed by atoms with van der Waals surface area (Å²) < 4.78 is 0. The maximum atomic E-state index is 9.68. The second-order valence-corrected chi connectivity index (χ2v) is 5.12. The third kappa shape index (κ3) is 4.08. The quantitative estimate of drug-likeness (QED) is 0.600. The summed E-state index contributed by atoms with van der Waals surface area (Å²) in [5.41, 5.74) is 2.46. The van der Waals surface area contributed by atoms with E-state index in [9.17, 15) is 5.11 Å². The summed E-state index contributed by atoms with van der Waals surface area (Å²) >= 11 is 11.0. The summed E-state index contributed by atoms with van der Waals surface area (Å²) in [5.74, 6) is 0.0931. The molecule has 3 N–H and O–H groups in total. The van der Waals surface area contributed by atoms with Crippen molar-refractivity contribution in [2.45, 2.75) is 13.5 Å². The van der Waals surface area contributed by atoms with Crippen LogP contribution in [0.5, 0.6) is 5.75 Å². The Labute approximate surface area is 127 Å². The molecule has 1 aromatic heterocycles. The van der Waals surface area contributed by atoms with Crippen LogP contribution in [0.25, 0.3) is 0 Å². The fraction of sp³-hybridized carbons (Fsp3) is 0.143. The summed E-state index contributed by atoms with van der Waals surface area (Å²) in [6.07, 6.45) is 1.79. The molecule has 0 aliphatic rings. The minimum Gasteiger partial charge on any atom is -0.506 e. The molecule has 0 saturated heterocycles. The first kappa shape index (κ1) is 14.6. The maximum Gasteiger partial charge on any atom is 0.171 e. The van der Waals surface area contributed by atoms with Crippen LogP contribution >= 0.6 is 23.8 Å². The number of phenols is 1. The van der Waals surface area contributed by atoms with Gasteiger partial charge in [-0.3, -0.25) is 4.98 Å². The molecule has 20 heavy (non-hydrogen) atoms. The van der Waals surface area contributed by atoms with E-state index >= 15 is 0 Å². The highest BCUT2D eigenvalue weighted by Crippen LogP contribution is 2.26. The van der Waals surface area contributed by atoms with E-state index in [-0.39, 0.29) is 5.75 Å². The average Bonchev–Trinajstić information content (AvgIpc) is 2.42. The number of pyridine rings is 1. The van der Waals surface area contributed by atoms with Gasteiger partial charge in [0.15, 0.2) is 5.11 Å². The van der Waals surface area contributed by atoms with E-state index in [1.807, 2.05) is 19.1 Å². The highest BCUT2D eigenvalue weighted by atomic mass is 35.5. The molecule has 0 saturated carbocycles. The molecule has 0 fully saturated rings. The number of aromatic nitrogens is 1. The lowest BCUT2D eigenvalue weighted by atomic mass is 10.2. The van der Waals surface area contributed by atoms with E-state index < -0.39 is 0 Å². The third-order valence-electron chi connectivity index (χ3n) is 2.63. The van der Waals surface area contributed by atoms with Crippen molar-refractivity contribution in [1.29, 1.82) is 0 Å². The number of phenolic OH excluding ortho intramolecular Hbond substituents is 1. The van der Waals surface area contributed by atoms with Crippen LogP contribution in [0.15, 0.2) is 36.5 Å². The van der Waals surface area contributed by atoms with Gasteiger partial charge in [-0.05, 0) is 49.0 Å². The van der Waals surface area contributed by atoms with Gasteiger partial charge in [0, 0.05) is 23.5 Å². The van der Waals surface area contributed by atoms with Gasteiger partial charge in [0.25, 0.3) is 0 Å². The van der Waals surface area contributed by atoms with Crippen molar-refractivity contribution < 1.29 is 5.11 Å². The number of hydrogen-bond acceptors (Lipinski definition) is 3. The van der Waals surface area contributed by atoms with Crippen LogP contribution < -0.4 is 10.6 Å². The van der Waals surface area contributed by atoms with Crippen molar-refractivity contribution in [3.05, 3.63) is 52.8 Å². The predicted octanol–water partition coefficient (Wildman–Crippen LogP) is 3.24. The van der Waals surface area contributed by atoms with Crippen molar-refractivity contribution in [3.63, 3.8) is 0 Å². The molecular weight excluding hydrogens is 294 g/mol. The number of aromatic hydroxyl groups is 1. The molecular formula is C14H14ClN3OS. The van der Waals surface area contributed by atoms with E-state index in [1.54, 1.807) is 18.3 Å². The summed E-state index contributed by atoms with van der Waals surface area (Å²) in [4.78, 5) is 4.21. The molecule has 6 heteroatoms. The van der Waals surface area contributed by atoms with Crippen molar-refractivity contribution in [2.75, 3.05) is 5.32 Å². The van der Waals surface area contributed by atoms with Crippen molar-refractivity contribution >= 4 is 34.6 Å². The number of rotatable bonds is 3. The van der Waals surface area contributed by atoms with Gasteiger partial charge >= 0.3 is 0 Å². The average molecular weight is 308 g/mol. The van der Waals surface area contributed by atoms with Crippen LogP contribution in [0.3, 0.4) is 0 Å². The number of nitrogens with zero attached hydrogens (tertiary/aromatic N) is 1. The Morgan fingerprint density at radius 3 is 2.85 bits per heavy atom. The zero-order chi connectivity index (χ0) is 14.5. The molecule has 0 aliphatic carbocycles. The zero-order valence-electron chi connectivity index (χ0n) is 10.9. The lowest BCUT2D eigenvalue weighted by molar-refractivity contribution is 0.478. The first-order chi connectivity index (χ1) is 9.54. The SMILES string of the molecule is Cc1ccc(CNC(=S)Nc2cc(Cl)ccc2O)cn1. The Hall–Kier alpha value is -1.85. The number of halogens is 1. The molecule has 2 aromatic rings. The summed E-state index contributed by atoms with van der Waals surface area (Å²) in [6.45, 7) is 2.49. The molecule has 2 rings (SSSR count). The lowest BCUT2D eigenvalue weighted by Crippen LogP contribution is -2.27. The van der Waals surface area contributed by atoms with Crippen LogP contribution in [0.1, 0.15) is 11.3 Å². The summed E-state index contributed by atoms with van der Waals surface area (Å²) in [6, 6.07) is 8.65. The molecule has 0 atom stereocenters. The molecule has 1 heterocycles. The minimum absolute atomic E-state index is 0.0931. The van der Waals surface area contributed by atoms with E-state index in [0.29, 0.717) is 22.4 Å². The topological polar surface area (TPSA) is 57.2 Å². The molecule has 0 amide bonds. The number of hydrogen-bond donors (Lipinski definition) is 3. The van der Waals surface area contributed by atoms with Crippen LogP contribution in [0.2, 0.25) is 5.02 Å². The third-order valence-corrected chi connectivity index (χ3v) is 3.11. The van der Waals surface area contributed by atoms with E-state index in [2.05, 4.69) is 15.6 Å². The Morgan fingerprint density at radius 1 is 1.35 bits per heavy atom. The Kier molecular flexibility index (Phi) is 4.76. The number of nitrogens with one attached hydrogen (secondary N) is 2. The van der Waals surface area contributed by atoms with E-state index in [4.69, 9.17) is 23.8 Å². The maximum absolute atomic E-state index is 9.68. The normalized spacial score (nSPS) is 10.1. The Bertz CT molecular complexity index is 616. The summed E-state index contributed by atoms with van der Waals surface area (Å²) in [5, 5.41) is 16.5. The Balaban J connectivity index is 1.92. The number of benzene rings is 1. The monoisotopic (exact) mass is 307 g/mol. The smallest absolute Gasteiger partial charge is 0.171 e. The van der Waals surface area contributed by atoms with Crippen LogP contribution in [0.4, 0.5) is 5.69 Å². The number of thiocarbonyl (C=S) groups is 1. The molecule has 104 valence electrons. The zero-order valence-corrected chi connectivity index (χ0v) is 12.4. The molecule has 0 aliphatic heterocycles. The molecule has 0 bridgehead atoms. The molecule has 4 nitrogen and oxygen atoms in total. The van der Waals surface area contributed by atoms with Gasteiger partial charge in [-0.25, -0.2) is 0 Å². The van der Waals surface area contributed by atoms with E-state index in [1.165, 1.54) is 6.07 Å². The highest BCUT2D eigenvalue weighted by Gasteiger charge is 2.04. The van der Waals surface area contributed by atoms with Gasteiger partial charge in [0.2, 0.25) is 0 Å². The first-order valence-electron chi connectivity index (χ1n) is 5.99. The largest absolute Gasteiger partial charge is 0.506 e. The molecule has 0 radical (unpaired) electrons. The highest BCUT2D eigenvalue weighted by molar-refractivity contribution is 7.80. The molecule has 1 aromatic carbocycles. The van der Waals surface area contributed by atoms with Gasteiger partial charge in [-0.2, -0.15) is 0 Å². The standard InChI is InChI=1S/C14H14ClN3OS/c1-9-2-3-10(7-16-9)8-17-14(20)18-12-6-11(15)4-5-13(12)19/h2-7,19H,8H2,1H3,(H2,17,18,20). The molecule has 0 unspecified atom stereocenters. The fourth-order valence-corrected chi connectivity index (χ4v) is 1.91. The van der Waals surface area contributed by atoms with Gasteiger partial charge in [-0.1, -0.05) is 17.7 Å². The van der Waals surface area contributed by atoms with Gasteiger partial charge in [0.05, 0.1) is 5.69 Å². The number of aryl methyl sites for hydroxylation is 1. The van der Waals surface area contributed by atoms with Crippen molar-refractivity contribution in [2.24, 2.45) is 0 Å².